The van der Waals surface area contributed by atoms with Crippen LogP contribution in [0.25, 0.3) is 0 Å². The molecule has 8 heteroatoms. The summed E-state index contributed by atoms with van der Waals surface area (Å²) >= 11 is 0. The van der Waals surface area contributed by atoms with E-state index in [1.54, 1.807) is 0 Å². The van der Waals surface area contributed by atoms with E-state index in [4.69, 9.17) is 5.11 Å². The monoisotopic (exact) mass is 340 g/mol. The number of hydrogen-bond acceptors (Lipinski definition) is 4. The molecule has 7 nitrogen and oxygen atoms in total. The molecule has 0 aromatic heterocycles. The van der Waals surface area contributed by atoms with Crippen molar-refractivity contribution in [1.29, 1.82) is 0 Å². The highest BCUT2D eigenvalue weighted by Gasteiger charge is 2.19. The largest absolute Gasteiger partial charge is 0.481 e. The summed E-state index contributed by atoms with van der Waals surface area (Å²) in [6.07, 6.45) is 1.42. The molecule has 1 aromatic carbocycles. The van der Waals surface area contributed by atoms with E-state index >= 15 is 0 Å². The molecular weight excluding hydrogens is 320 g/mol. The van der Waals surface area contributed by atoms with Gasteiger partial charge in [0.15, 0.2) is 0 Å². The molecule has 1 amide bonds. The maximum absolute atomic E-state index is 12.2. The third-order valence-electron chi connectivity index (χ3n) is 3.15. The highest BCUT2D eigenvalue weighted by Crippen LogP contribution is 2.12. The molecule has 2 N–H and O–H groups in total. The van der Waals surface area contributed by atoms with E-state index in [1.807, 2.05) is 0 Å². The van der Waals surface area contributed by atoms with E-state index in [2.05, 4.69) is 11.3 Å². The van der Waals surface area contributed by atoms with Crippen molar-refractivity contribution in [1.82, 2.24) is 9.62 Å². The molecule has 1 rings (SSSR count). The lowest BCUT2D eigenvalue weighted by molar-refractivity contribution is -0.141. The molecule has 23 heavy (non-hydrogen) atoms. The molecule has 0 saturated heterocycles. The van der Waals surface area contributed by atoms with E-state index in [9.17, 15) is 18.0 Å². The van der Waals surface area contributed by atoms with Crippen LogP contribution in [0.2, 0.25) is 0 Å². The van der Waals surface area contributed by atoms with Crippen LogP contribution in [-0.2, 0) is 14.8 Å². The van der Waals surface area contributed by atoms with Crippen molar-refractivity contribution in [3.05, 3.63) is 42.5 Å². The smallest absolute Gasteiger partial charge is 0.308 e. The highest BCUT2D eigenvalue weighted by molar-refractivity contribution is 7.89. The van der Waals surface area contributed by atoms with E-state index < -0.39 is 21.9 Å². The number of carbonyl (C=O) groups is 2. The van der Waals surface area contributed by atoms with E-state index in [0.29, 0.717) is 0 Å². The molecule has 1 aromatic rings. The van der Waals surface area contributed by atoms with Gasteiger partial charge in [-0.1, -0.05) is 13.0 Å². The number of benzene rings is 1. The summed E-state index contributed by atoms with van der Waals surface area (Å²) in [5.41, 5.74) is 0.285. The van der Waals surface area contributed by atoms with Gasteiger partial charge in [-0.2, -0.15) is 0 Å². The molecule has 0 aliphatic heterocycles. The Kier molecular flexibility index (Phi) is 6.47. The molecule has 0 aliphatic carbocycles. The second-order valence-corrected chi connectivity index (χ2v) is 6.86. The van der Waals surface area contributed by atoms with Crippen LogP contribution in [0.5, 0.6) is 0 Å². The number of amides is 1. The fourth-order valence-corrected chi connectivity index (χ4v) is 2.82. The van der Waals surface area contributed by atoms with Gasteiger partial charge in [-0.05, 0) is 24.3 Å². The van der Waals surface area contributed by atoms with Gasteiger partial charge < -0.3 is 10.0 Å². The predicted octanol–water partition coefficient (Wildman–Crippen LogP) is 0.944. The summed E-state index contributed by atoms with van der Waals surface area (Å²) in [7, 11) is -2.14. The predicted molar refractivity (Wildman–Crippen MR) is 85.6 cm³/mol. The second kappa shape index (κ2) is 7.89. The highest BCUT2D eigenvalue weighted by atomic mass is 32.2. The van der Waals surface area contributed by atoms with Gasteiger partial charge in [0, 0.05) is 25.7 Å². The normalized spacial score (nSPS) is 12.4. The molecule has 0 bridgehead atoms. The number of nitrogens with one attached hydrogen (secondary N) is 1. The number of carboxylic acids is 1. The van der Waals surface area contributed by atoms with E-state index in [1.165, 1.54) is 49.2 Å². The van der Waals surface area contributed by atoms with Gasteiger partial charge in [0.2, 0.25) is 10.0 Å². The molecular formula is C15H20N2O5S. The number of carbonyl (C=O) groups excluding carboxylic acids is 1. The van der Waals surface area contributed by atoms with Crippen LogP contribution >= 0.6 is 0 Å². The number of aliphatic carboxylic acids is 1. The maximum atomic E-state index is 12.2. The Bertz CT molecular complexity index is 682. The van der Waals surface area contributed by atoms with Crippen molar-refractivity contribution in [2.45, 2.75) is 11.8 Å². The minimum atomic E-state index is -3.64. The first-order valence-electron chi connectivity index (χ1n) is 6.88. The number of hydrogen-bond donors (Lipinski definition) is 2. The fourth-order valence-electron chi connectivity index (χ4n) is 1.82. The summed E-state index contributed by atoms with van der Waals surface area (Å²) in [6.45, 7) is 5.11. The fraction of sp³-hybridized carbons (Fsp3) is 0.333. The molecule has 0 saturated carbocycles. The Morgan fingerprint density at radius 2 is 1.91 bits per heavy atom. The Morgan fingerprint density at radius 1 is 1.35 bits per heavy atom. The van der Waals surface area contributed by atoms with Gasteiger partial charge in [0.25, 0.3) is 5.91 Å². The van der Waals surface area contributed by atoms with Crippen LogP contribution in [0.4, 0.5) is 0 Å². The molecule has 0 spiro atoms. The molecule has 1 unspecified atom stereocenters. The van der Waals surface area contributed by atoms with Crippen molar-refractivity contribution in [2.24, 2.45) is 5.92 Å². The standard InChI is InChI=1S/C15H20N2O5S/c1-4-9-16-23(21,22)13-7-5-12(6-8-13)14(18)17(3)10-11(2)15(19)20/h4-8,11,16H,1,9-10H2,2-3H3,(H,19,20). The maximum Gasteiger partial charge on any atom is 0.308 e. The minimum absolute atomic E-state index is 0.0393. The Morgan fingerprint density at radius 3 is 2.39 bits per heavy atom. The number of carboxylic acid groups (broad SMARTS) is 1. The molecule has 1 atom stereocenters. The van der Waals surface area contributed by atoms with Gasteiger partial charge in [-0.3, -0.25) is 9.59 Å². The summed E-state index contributed by atoms with van der Waals surface area (Å²) in [5.74, 6) is -2.05. The zero-order valence-electron chi connectivity index (χ0n) is 13.0. The molecule has 0 fully saturated rings. The van der Waals surface area contributed by atoms with Gasteiger partial charge >= 0.3 is 5.97 Å². The van der Waals surface area contributed by atoms with Crippen LogP contribution in [0.1, 0.15) is 17.3 Å². The van der Waals surface area contributed by atoms with Crippen molar-refractivity contribution in [3.63, 3.8) is 0 Å². The van der Waals surface area contributed by atoms with Gasteiger partial charge in [-0.25, -0.2) is 13.1 Å². The lowest BCUT2D eigenvalue weighted by Gasteiger charge is -2.19. The molecule has 0 heterocycles. The summed E-state index contributed by atoms with van der Waals surface area (Å²) < 4.78 is 26.1. The zero-order valence-corrected chi connectivity index (χ0v) is 13.8. The number of sulfonamides is 1. The molecule has 0 aliphatic rings. The summed E-state index contributed by atoms with van der Waals surface area (Å²) in [5, 5.41) is 8.86. The lowest BCUT2D eigenvalue weighted by atomic mass is 10.1. The summed E-state index contributed by atoms with van der Waals surface area (Å²) in [6, 6.07) is 5.44. The van der Waals surface area contributed by atoms with E-state index in [0.717, 1.165) is 0 Å². The Balaban J connectivity index is 2.85. The molecule has 0 radical (unpaired) electrons. The zero-order chi connectivity index (χ0) is 17.6. The van der Waals surface area contributed by atoms with Crippen LogP contribution in [0.3, 0.4) is 0 Å². The quantitative estimate of drug-likeness (QED) is 0.686. The Labute approximate surface area is 135 Å². The van der Waals surface area contributed by atoms with Crippen LogP contribution in [0, 0.1) is 5.92 Å². The van der Waals surface area contributed by atoms with Crippen LogP contribution < -0.4 is 4.72 Å². The number of nitrogens with zero attached hydrogens (tertiary/aromatic N) is 1. The summed E-state index contributed by atoms with van der Waals surface area (Å²) in [4.78, 5) is 24.3. The van der Waals surface area contributed by atoms with Gasteiger partial charge in [-0.15, -0.1) is 6.58 Å². The first-order valence-corrected chi connectivity index (χ1v) is 8.36. The first kappa shape index (κ1) is 18.9. The third-order valence-corrected chi connectivity index (χ3v) is 4.58. The SMILES string of the molecule is C=CCNS(=O)(=O)c1ccc(C(=O)N(C)CC(C)C(=O)O)cc1. The average molecular weight is 340 g/mol. The Hall–Kier alpha value is -2.19. The third kappa shape index (κ3) is 5.19. The lowest BCUT2D eigenvalue weighted by Crippen LogP contribution is -2.33. The minimum Gasteiger partial charge on any atom is -0.481 e. The van der Waals surface area contributed by atoms with Crippen LogP contribution in [-0.4, -0.2) is 50.4 Å². The van der Waals surface area contributed by atoms with Crippen molar-refractivity contribution < 1.29 is 23.1 Å². The number of rotatable bonds is 8. The topological polar surface area (TPSA) is 104 Å². The average Bonchev–Trinajstić information content (AvgIpc) is 2.52. The van der Waals surface area contributed by atoms with E-state index in [-0.39, 0.29) is 29.5 Å². The van der Waals surface area contributed by atoms with Crippen molar-refractivity contribution in [3.8, 4) is 0 Å². The molecule has 126 valence electrons. The van der Waals surface area contributed by atoms with Gasteiger partial charge in [0.1, 0.15) is 0 Å². The second-order valence-electron chi connectivity index (χ2n) is 5.09. The van der Waals surface area contributed by atoms with Crippen molar-refractivity contribution >= 4 is 21.9 Å². The van der Waals surface area contributed by atoms with Crippen LogP contribution in [0.15, 0.2) is 41.8 Å². The van der Waals surface area contributed by atoms with Gasteiger partial charge in [0.05, 0.1) is 10.8 Å². The first-order chi connectivity index (χ1) is 10.7. The van der Waals surface area contributed by atoms with Crippen molar-refractivity contribution in [2.75, 3.05) is 20.1 Å².